The fourth-order valence-electron chi connectivity index (χ4n) is 3.86. The summed E-state index contributed by atoms with van der Waals surface area (Å²) in [5.74, 6) is 1.19. The maximum Gasteiger partial charge on any atom is 0.283 e. The zero-order valence-electron chi connectivity index (χ0n) is 16.1. The van der Waals surface area contributed by atoms with Gasteiger partial charge in [0.1, 0.15) is 7.05 Å². The van der Waals surface area contributed by atoms with Gasteiger partial charge < -0.3 is 4.90 Å². The van der Waals surface area contributed by atoms with Crippen LogP contribution in [0.5, 0.6) is 0 Å². The van der Waals surface area contributed by atoms with Crippen molar-refractivity contribution in [3.05, 3.63) is 66.4 Å². The number of pyridine rings is 2. The molecule has 2 aromatic heterocycles. The molecule has 0 saturated carbocycles. The third-order valence-corrected chi connectivity index (χ3v) is 5.47. The van der Waals surface area contributed by atoms with Crippen molar-refractivity contribution in [3.63, 3.8) is 0 Å². The summed E-state index contributed by atoms with van der Waals surface area (Å²) < 4.78 is 4.47. The number of nitrogens with zero attached hydrogens (tertiary/aromatic N) is 4. The van der Waals surface area contributed by atoms with Gasteiger partial charge in [0.05, 0.1) is 12.7 Å². The van der Waals surface area contributed by atoms with E-state index >= 15 is 0 Å². The van der Waals surface area contributed by atoms with Gasteiger partial charge in [0.15, 0.2) is 23.7 Å². The zero-order valence-corrected chi connectivity index (χ0v) is 16.1. The summed E-state index contributed by atoms with van der Waals surface area (Å²) in [6, 6.07) is 19.5. The predicted octanol–water partition coefficient (Wildman–Crippen LogP) is 3.24. The number of rotatable bonds is 2. The third-order valence-electron chi connectivity index (χ3n) is 5.47. The van der Waals surface area contributed by atoms with Crippen LogP contribution in [0.2, 0.25) is 0 Å². The average Bonchev–Trinajstić information content (AvgIpc) is 2.89. The van der Waals surface area contributed by atoms with E-state index in [0.717, 1.165) is 0 Å². The molecule has 1 aliphatic rings. The lowest BCUT2D eigenvalue weighted by Crippen LogP contribution is -2.46. The number of fused-ring (bicyclic) bond motifs is 1. The molecule has 1 atom stereocenters. The van der Waals surface area contributed by atoms with Gasteiger partial charge >= 0.3 is 0 Å². The van der Waals surface area contributed by atoms with Crippen LogP contribution in [0.4, 0.5) is 17.2 Å². The van der Waals surface area contributed by atoms with Crippen molar-refractivity contribution >= 4 is 17.2 Å². The van der Waals surface area contributed by atoms with Gasteiger partial charge in [-0.3, -0.25) is 0 Å². The van der Waals surface area contributed by atoms with Crippen molar-refractivity contribution in [1.82, 2.24) is 0 Å². The summed E-state index contributed by atoms with van der Waals surface area (Å²) in [5.41, 5.74) is 6.20. The van der Waals surface area contributed by atoms with Gasteiger partial charge in [-0.25, -0.2) is 9.47 Å². The van der Waals surface area contributed by atoms with Gasteiger partial charge in [-0.15, -0.1) is 0 Å². The second-order valence-electron chi connectivity index (χ2n) is 7.13. The number of hydrogen-bond donors (Lipinski definition) is 0. The number of anilines is 3. The van der Waals surface area contributed by atoms with E-state index in [1.165, 1.54) is 34.1 Å². The highest BCUT2D eigenvalue weighted by atomic mass is 15.4. The topological polar surface area (TPSA) is 14.2 Å². The standard InChI is InChI=1S/C22H26N4/c1-16-13-14-23(3)21(15-16)19-11-8-12-22(25(19)5)26-17(2)24(4)18-9-6-7-10-20(18)26/h6-15,17H,1-5H3/q+2/t17-/m0/s1. The average molecular weight is 346 g/mol. The van der Waals surface area contributed by atoms with Crippen LogP contribution in [0.1, 0.15) is 12.5 Å². The van der Waals surface area contributed by atoms with E-state index < -0.39 is 0 Å². The van der Waals surface area contributed by atoms with Crippen LogP contribution in [0.3, 0.4) is 0 Å². The molecule has 0 radical (unpaired) electrons. The summed E-state index contributed by atoms with van der Waals surface area (Å²) in [4.78, 5) is 4.74. The molecule has 26 heavy (non-hydrogen) atoms. The fraction of sp³-hybridized carbons (Fsp3) is 0.273. The van der Waals surface area contributed by atoms with E-state index in [9.17, 15) is 0 Å². The quantitative estimate of drug-likeness (QED) is 0.662. The number of aromatic nitrogens is 2. The van der Waals surface area contributed by atoms with Crippen molar-refractivity contribution in [1.29, 1.82) is 0 Å². The van der Waals surface area contributed by atoms with Gasteiger partial charge in [0.25, 0.3) is 11.5 Å². The van der Waals surface area contributed by atoms with Gasteiger partial charge in [-0.1, -0.05) is 12.1 Å². The highest BCUT2D eigenvalue weighted by Crippen LogP contribution is 2.41. The van der Waals surface area contributed by atoms with Gasteiger partial charge in [-0.2, -0.15) is 4.57 Å². The summed E-state index contributed by atoms with van der Waals surface area (Å²) in [6.07, 6.45) is 2.39. The Bertz CT molecular complexity index is 980. The van der Waals surface area contributed by atoms with E-state index in [2.05, 4.69) is 115 Å². The van der Waals surface area contributed by atoms with E-state index in [-0.39, 0.29) is 6.17 Å². The van der Waals surface area contributed by atoms with E-state index in [1.807, 2.05) is 0 Å². The Labute approximate surface area is 155 Å². The van der Waals surface area contributed by atoms with Crippen LogP contribution >= 0.6 is 0 Å². The first-order valence-corrected chi connectivity index (χ1v) is 9.06. The largest absolute Gasteiger partial charge is 0.333 e. The maximum atomic E-state index is 2.41. The number of para-hydroxylation sites is 2. The molecule has 4 rings (SSSR count). The molecule has 3 aromatic rings. The molecule has 0 saturated heterocycles. The lowest BCUT2D eigenvalue weighted by molar-refractivity contribution is -0.684. The molecule has 0 N–H and O–H groups in total. The molecule has 0 amide bonds. The van der Waals surface area contributed by atoms with Crippen molar-refractivity contribution < 1.29 is 9.13 Å². The second-order valence-corrected chi connectivity index (χ2v) is 7.13. The number of benzene rings is 1. The van der Waals surface area contributed by atoms with E-state index in [4.69, 9.17) is 0 Å². The minimum absolute atomic E-state index is 0.264. The summed E-state index contributed by atoms with van der Waals surface area (Å²) in [5, 5.41) is 0. The molecule has 0 bridgehead atoms. The normalized spacial score (nSPS) is 16.1. The number of aryl methyl sites for hydroxylation is 2. The molecule has 1 aromatic carbocycles. The SMILES string of the molecule is Cc1cc[n+](C)c(-c2cccc(N3c4ccccc4N(C)[C@@H]3C)[n+]2C)c1. The summed E-state index contributed by atoms with van der Waals surface area (Å²) in [7, 11) is 6.41. The zero-order chi connectivity index (χ0) is 18.4. The van der Waals surface area contributed by atoms with E-state index in [1.54, 1.807) is 0 Å². The molecule has 0 spiro atoms. The third kappa shape index (κ3) is 2.45. The van der Waals surface area contributed by atoms with Crippen molar-refractivity contribution in [2.45, 2.75) is 20.0 Å². The first kappa shape index (κ1) is 16.6. The van der Waals surface area contributed by atoms with Crippen LogP contribution in [0.25, 0.3) is 11.4 Å². The van der Waals surface area contributed by atoms with Crippen LogP contribution in [0, 0.1) is 6.92 Å². The van der Waals surface area contributed by atoms with Crippen LogP contribution in [-0.2, 0) is 14.1 Å². The second kappa shape index (κ2) is 6.13. The Morgan fingerprint density at radius 1 is 0.885 bits per heavy atom. The first-order valence-electron chi connectivity index (χ1n) is 9.06. The Morgan fingerprint density at radius 3 is 2.38 bits per heavy atom. The molecule has 0 unspecified atom stereocenters. The van der Waals surface area contributed by atoms with E-state index in [0.29, 0.717) is 0 Å². The van der Waals surface area contributed by atoms with Gasteiger partial charge in [0.2, 0.25) is 0 Å². The molecular formula is C22H26N4+2. The summed E-state index contributed by atoms with van der Waals surface area (Å²) in [6.45, 7) is 4.39. The van der Waals surface area contributed by atoms with Crippen LogP contribution in [-0.4, -0.2) is 13.2 Å². The van der Waals surface area contributed by atoms with Gasteiger partial charge in [0, 0.05) is 25.2 Å². The Kier molecular flexibility index (Phi) is 3.91. The molecule has 4 heteroatoms. The molecule has 0 aliphatic carbocycles. The lowest BCUT2D eigenvalue weighted by Gasteiger charge is -2.22. The highest BCUT2D eigenvalue weighted by Gasteiger charge is 2.39. The Morgan fingerprint density at radius 2 is 1.62 bits per heavy atom. The van der Waals surface area contributed by atoms with Crippen LogP contribution in [0.15, 0.2) is 60.8 Å². The summed E-state index contributed by atoms with van der Waals surface area (Å²) >= 11 is 0. The smallest absolute Gasteiger partial charge is 0.283 e. The molecule has 1 aliphatic heterocycles. The molecule has 132 valence electrons. The number of hydrogen-bond acceptors (Lipinski definition) is 2. The molecule has 3 heterocycles. The maximum absolute atomic E-state index is 2.41. The fourth-order valence-corrected chi connectivity index (χ4v) is 3.86. The first-order chi connectivity index (χ1) is 12.5. The minimum atomic E-state index is 0.264. The monoisotopic (exact) mass is 346 g/mol. The van der Waals surface area contributed by atoms with Gasteiger partial charge in [-0.05, 0) is 43.7 Å². The lowest BCUT2D eigenvalue weighted by atomic mass is 10.1. The van der Waals surface area contributed by atoms with Crippen molar-refractivity contribution in [2.75, 3.05) is 16.8 Å². The minimum Gasteiger partial charge on any atom is -0.333 e. The molecule has 4 nitrogen and oxygen atoms in total. The molecular weight excluding hydrogens is 320 g/mol. The Balaban J connectivity index is 1.89. The van der Waals surface area contributed by atoms with Crippen molar-refractivity contribution in [3.8, 4) is 11.4 Å². The Hall–Kier alpha value is -2.88. The predicted molar refractivity (Wildman–Crippen MR) is 105 cm³/mol. The van der Waals surface area contributed by atoms with Crippen molar-refractivity contribution in [2.24, 2.45) is 14.1 Å². The highest BCUT2D eigenvalue weighted by molar-refractivity contribution is 5.81. The van der Waals surface area contributed by atoms with Crippen LogP contribution < -0.4 is 18.9 Å². The molecule has 0 fully saturated rings.